The summed E-state index contributed by atoms with van der Waals surface area (Å²) >= 11 is 0. The number of nitrogens with one attached hydrogen (secondary N) is 2. The van der Waals surface area contributed by atoms with Crippen molar-refractivity contribution in [2.75, 3.05) is 10.6 Å². The van der Waals surface area contributed by atoms with Crippen LogP contribution in [0, 0.1) is 13.8 Å². The molecule has 3 aromatic rings. The SMILES string of the molecule is Cc1ccc([C@@H]2CC(=O)C3=C(C2)Nc2ccccc2N[C@@H]3c2ccccc2C)cc1. The zero-order valence-electron chi connectivity index (χ0n) is 17.4. The molecule has 1 aliphatic carbocycles. The van der Waals surface area contributed by atoms with Gasteiger partial charge in [-0.2, -0.15) is 0 Å². The first-order valence-corrected chi connectivity index (χ1v) is 10.6. The van der Waals surface area contributed by atoms with Gasteiger partial charge in [0, 0.05) is 17.7 Å². The molecule has 0 radical (unpaired) electrons. The summed E-state index contributed by atoms with van der Waals surface area (Å²) < 4.78 is 0. The molecular formula is C27H26N2O. The Bertz CT molecular complexity index is 1140. The molecule has 0 spiro atoms. The summed E-state index contributed by atoms with van der Waals surface area (Å²) in [5, 5.41) is 7.29. The Balaban J connectivity index is 1.62. The van der Waals surface area contributed by atoms with Crippen LogP contribution in [0.4, 0.5) is 11.4 Å². The molecule has 0 bridgehead atoms. The maximum atomic E-state index is 13.5. The number of para-hydroxylation sites is 2. The van der Waals surface area contributed by atoms with Crippen LogP contribution in [-0.4, -0.2) is 5.78 Å². The lowest BCUT2D eigenvalue weighted by molar-refractivity contribution is -0.116. The van der Waals surface area contributed by atoms with Crippen LogP contribution in [0.2, 0.25) is 0 Å². The van der Waals surface area contributed by atoms with E-state index in [4.69, 9.17) is 0 Å². The number of aryl methyl sites for hydroxylation is 2. The van der Waals surface area contributed by atoms with Gasteiger partial charge in [-0.05, 0) is 55.0 Å². The number of carbonyl (C=O) groups excluding carboxylic acids is 1. The van der Waals surface area contributed by atoms with Crippen LogP contribution in [0.25, 0.3) is 0 Å². The molecule has 2 aliphatic rings. The third-order valence-corrected chi connectivity index (χ3v) is 6.36. The van der Waals surface area contributed by atoms with Gasteiger partial charge in [0.1, 0.15) is 0 Å². The van der Waals surface area contributed by atoms with Gasteiger partial charge in [0.2, 0.25) is 0 Å². The molecule has 5 rings (SSSR count). The topological polar surface area (TPSA) is 41.1 Å². The molecule has 2 atom stereocenters. The van der Waals surface area contributed by atoms with E-state index in [0.717, 1.165) is 34.6 Å². The van der Waals surface area contributed by atoms with Gasteiger partial charge in [-0.3, -0.25) is 4.79 Å². The average Bonchev–Trinajstić information content (AvgIpc) is 2.91. The summed E-state index contributed by atoms with van der Waals surface area (Å²) in [4.78, 5) is 13.5. The molecule has 3 heteroatoms. The molecule has 2 N–H and O–H groups in total. The van der Waals surface area contributed by atoms with Crippen molar-refractivity contribution in [2.24, 2.45) is 0 Å². The molecule has 1 heterocycles. The third-order valence-electron chi connectivity index (χ3n) is 6.36. The van der Waals surface area contributed by atoms with Gasteiger partial charge in [-0.25, -0.2) is 0 Å². The van der Waals surface area contributed by atoms with Crippen molar-refractivity contribution in [3.63, 3.8) is 0 Å². The molecule has 0 saturated carbocycles. The van der Waals surface area contributed by atoms with E-state index in [1.165, 1.54) is 16.7 Å². The van der Waals surface area contributed by atoms with Gasteiger partial charge >= 0.3 is 0 Å². The van der Waals surface area contributed by atoms with Gasteiger partial charge in [0.15, 0.2) is 5.78 Å². The number of carbonyl (C=O) groups is 1. The molecule has 0 aromatic heterocycles. The third kappa shape index (κ3) is 3.30. The molecule has 150 valence electrons. The molecular weight excluding hydrogens is 368 g/mol. The lowest BCUT2D eigenvalue weighted by atomic mass is 9.78. The number of Topliss-reactive ketones (excluding diaryl/α,β-unsaturated/α-hetero) is 1. The van der Waals surface area contributed by atoms with Crippen LogP contribution in [0.5, 0.6) is 0 Å². The van der Waals surface area contributed by atoms with Crippen molar-refractivity contribution >= 4 is 17.2 Å². The van der Waals surface area contributed by atoms with Crippen molar-refractivity contribution in [2.45, 2.75) is 38.6 Å². The van der Waals surface area contributed by atoms with Crippen molar-refractivity contribution in [1.29, 1.82) is 0 Å². The lowest BCUT2D eigenvalue weighted by Gasteiger charge is -2.30. The highest BCUT2D eigenvalue weighted by molar-refractivity contribution is 6.01. The molecule has 0 saturated heterocycles. The quantitative estimate of drug-likeness (QED) is 0.537. The summed E-state index contributed by atoms with van der Waals surface area (Å²) in [5.74, 6) is 0.426. The van der Waals surface area contributed by atoms with Gasteiger partial charge < -0.3 is 10.6 Å². The van der Waals surface area contributed by atoms with Crippen LogP contribution in [-0.2, 0) is 4.79 Å². The zero-order valence-corrected chi connectivity index (χ0v) is 17.4. The number of fused-ring (bicyclic) bond motifs is 1. The van der Waals surface area contributed by atoms with Crippen LogP contribution >= 0.6 is 0 Å². The van der Waals surface area contributed by atoms with Crippen LogP contribution < -0.4 is 10.6 Å². The van der Waals surface area contributed by atoms with Gasteiger partial charge in [-0.15, -0.1) is 0 Å². The minimum Gasteiger partial charge on any atom is -0.372 e. The maximum Gasteiger partial charge on any atom is 0.163 e. The van der Waals surface area contributed by atoms with Crippen LogP contribution in [0.3, 0.4) is 0 Å². The summed E-state index contributed by atoms with van der Waals surface area (Å²) in [6.45, 7) is 4.21. The molecule has 0 unspecified atom stereocenters. The minimum atomic E-state index is -0.149. The van der Waals surface area contributed by atoms with E-state index >= 15 is 0 Å². The predicted molar refractivity (Wildman–Crippen MR) is 123 cm³/mol. The number of ketones is 1. The van der Waals surface area contributed by atoms with E-state index in [9.17, 15) is 4.79 Å². The monoisotopic (exact) mass is 394 g/mol. The van der Waals surface area contributed by atoms with Crippen LogP contribution in [0.1, 0.15) is 47.1 Å². The van der Waals surface area contributed by atoms with Gasteiger partial charge in [0.25, 0.3) is 0 Å². The van der Waals surface area contributed by atoms with E-state index in [-0.39, 0.29) is 17.7 Å². The van der Waals surface area contributed by atoms with Crippen molar-refractivity contribution < 1.29 is 4.79 Å². The van der Waals surface area contributed by atoms with E-state index in [1.807, 2.05) is 18.2 Å². The fourth-order valence-electron chi connectivity index (χ4n) is 4.71. The van der Waals surface area contributed by atoms with E-state index in [2.05, 4.69) is 79.1 Å². The largest absolute Gasteiger partial charge is 0.372 e. The number of allylic oxidation sites excluding steroid dienone is 1. The number of benzene rings is 3. The van der Waals surface area contributed by atoms with E-state index < -0.39 is 0 Å². The average molecular weight is 395 g/mol. The maximum absolute atomic E-state index is 13.5. The Kier molecular flexibility index (Phi) is 4.66. The lowest BCUT2D eigenvalue weighted by Crippen LogP contribution is -2.27. The number of rotatable bonds is 2. The van der Waals surface area contributed by atoms with Crippen molar-refractivity contribution in [1.82, 2.24) is 0 Å². The zero-order chi connectivity index (χ0) is 20.7. The van der Waals surface area contributed by atoms with Gasteiger partial charge in [0.05, 0.1) is 17.4 Å². The number of hydrogen-bond donors (Lipinski definition) is 2. The smallest absolute Gasteiger partial charge is 0.163 e. The molecule has 1 aliphatic heterocycles. The Hall–Kier alpha value is -3.33. The summed E-state index contributed by atoms with van der Waals surface area (Å²) in [5.41, 5.74) is 8.80. The standard InChI is InChI=1S/C27H26N2O/c1-17-11-13-19(14-12-17)20-15-24-26(25(30)16-20)27(21-8-4-3-7-18(21)2)29-23-10-6-5-9-22(23)28-24/h3-14,20,27-29H,15-16H2,1-2H3/t20-,27+/m0/s1. The second-order valence-corrected chi connectivity index (χ2v) is 8.44. The van der Waals surface area contributed by atoms with Gasteiger partial charge in [-0.1, -0.05) is 66.2 Å². The fourth-order valence-corrected chi connectivity index (χ4v) is 4.71. The second-order valence-electron chi connectivity index (χ2n) is 8.44. The Morgan fingerprint density at radius 3 is 2.27 bits per heavy atom. The fraction of sp³-hybridized carbons (Fsp3) is 0.222. The Morgan fingerprint density at radius 1 is 0.800 bits per heavy atom. The van der Waals surface area contributed by atoms with Crippen LogP contribution in [0.15, 0.2) is 84.1 Å². The first kappa shape index (κ1) is 18.7. The summed E-state index contributed by atoms with van der Waals surface area (Å²) in [7, 11) is 0. The molecule has 0 fully saturated rings. The second kappa shape index (κ2) is 7.49. The molecule has 3 nitrogen and oxygen atoms in total. The molecule has 30 heavy (non-hydrogen) atoms. The van der Waals surface area contributed by atoms with E-state index in [0.29, 0.717) is 6.42 Å². The first-order chi connectivity index (χ1) is 14.6. The van der Waals surface area contributed by atoms with E-state index in [1.54, 1.807) is 0 Å². The van der Waals surface area contributed by atoms with Crippen molar-refractivity contribution in [3.8, 4) is 0 Å². The normalized spacial score (nSPS) is 20.5. The summed E-state index contributed by atoms with van der Waals surface area (Å²) in [6, 6.07) is 25.0. The van der Waals surface area contributed by atoms with Crippen molar-refractivity contribution in [3.05, 3.63) is 106 Å². The Labute approximate surface area is 177 Å². The Morgan fingerprint density at radius 2 is 1.50 bits per heavy atom. The highest BCUT2D eigenvalue weighted by Crippen LogP contribution is 2.44. The highest BCUT2D eigenvalue weighted by atomic mass is 16.1. The molecule has 0 amide bonds. The number of hydrogen-bond acceptors (Lipinski definition) is 3. The highest BCUT2D eigenvalue weighted by Gasteiger charge is 2.36. The first-order valence-electron chi connectivity index (χ1n) is 10.6. The minimum absolute atomic E-state index is 0.149. The molecule has 3 aromatic carbocycles. The summed E-state index contributed by atoms with van der Waals surface area (Å²) in [6.07, 6.45) is 1.38. The predicted octanol–water partition coefficient (Wildman–Crippen LogP) is 6.28. The number of anilines is 2.